The highest BCUT2D eigenvalue weighted by Gasteiger charge is 1.95. The van der Waals surface area contributed by atoms with Gasteiger partial charge < -0.3 is 11.0 Å². The zero-order valence-electron chi connectivity index (χ0n) is 5.73. The molecule has 0 aliphatic carbocycles. The first kappa shape index (κ1) is 7.40. The summed E-state index contributed by atoms with van der Waals surface area (Å²) in [4.78, 5) is 0. The van der Waals surface area contributed by atoms with Gasteiger partial charge >= 0.3 is 0 Å². The van der Waals surface area contributed by atoms with Crippen LogP contribution in [0.5, 0.6) is 0 Å². The molecule has 0 spiro atoms. The molecule has 0 atom stereocenters. The molecule has 0 unspecified atom stereocenters. The monoisotopic (exact) mass is 112 g/mol. The Labute approximate surface area is 51.6 Å². The molecule has 0 bridgehead atoms. The van der Waals surface area contributed by atoms with E-state index in [9.17, 15) is 0 Å². The topological polar surface area (TPSA) is 38.0 Å². The van der Waals surface area contributed by atoms with E-state index in [1.165, 1.54) is 0 Å². The van der Waals surface area contributed by atoms with E-state index in [0.717, 1.165) is 5.70 Å². The average molecular weight is 112 g/mol. The number of hydrogen-bond donors (Lipinski definition) is 2. The molecule has 2 nitrogen and oxygen atoms in total. The average Bonchev–Trinajstić information content (AvgIpc) is 1.69. The number of nitrogens with two attached hydrogens (primary N) is 1. The Bertz CT molecular complexity index is 88.4. The molecule has 3 heteroatoms. The van der Waals surface area contributed by atoms with E-state index >= 15 is 0 Å². The molecule has 0 aliphatic heterocycles. The minimum absolute atomic E-state index is 0.505. The lowest BCUT2D eigenvalue weighted by Gasteiger charge is -2.08. The Hall–Kier alpha value is -0.595. The van der Waals surface area contributed by atoms with Crippen LogP contribution in [-0.4, -0.2) is 7.98 Å². The van der Waals surface area contributed by atoms with Crippen LogP contribution in [0.2, 0.25) is 0 Å². The highest BCUT2D eigenvalue weighted by molar-refractivity contribution is 6.05. The molecule has 8 heavy (non-hydrogen) atoms. The Kier molecular flexibility index (Phi) is 3.16. The molecule has 3 N–H and O–H groups in total. The molecular formula is C5H13BN2. The van der Waals surface area contributed by atoms with Crippen LogP contribution < -0.4 is 11.0 Å². The Morgan fingerprint density at radius 2 is 2.25 bits per heavy atom. The second-order valence-corrected chi connectivity index (χ2v) is 2.03. The summed E-state index contributed by atoms with van der Waals surface area (Å²) in [6, 6.07) is 0. The summed E-state index contributed by atoms with van der Waals surface area (Å²) in [5.74, 6) is 0.505. The van der Waals surface area contributed by atoms with E-state index in [1.807, 2.05) is 7.98 Å². The van der Waals surface area contributed by atoms with E-state index in [4.69, 9.17) is 5.73 Å². The maximum atomic E-state index is 5.26. The van der Waals surface area contributed by atoms with Crippen LogP contribution in [0.25, 0.3) is 0 Å². The van der Waals surface area contributed by atoms with Crippen LogP contribution in [-0.2, 0) is 0 Å². The molecule has 0 fully saturated rings. The van der Waals surface area contributed by atoms with Crippen LogP contribution in [0.1, 0.15) is 13.8 Å². The summed E-state index contributed by atoms with van der Waals surface area (Å²) >= 11 is 0. The quantitative estimate of drug-likeness (QED) is 0.476. The van der Waals surface area contributed by atoms with E-state index in [0.29, 0.717) is 5.92 Å². The Morgan fingerprint density at radius 1 is 1.75 bits per heavy atom. The minimum Gasteiger partial charge on any atom is -0.436 e. The predicted octanol–water partition coefficient (Wildman–Crippen LogP) is -0.420. The molecule has 0 aliphatic rings. The largest absolute Gasteiger partial charge is 0.436 e. The molecule has 0 heterocycles. The Balaban J connectivity index is 3.72. The number of hydrogen-bond acceptors (Lipinski definition) is 2. The maximum Gasteiger partial charge on any atom is 0.213 e. The second kappa shape index (κ2) is 3.41. The van der Waals surface area contributed by atoms with Crippen molar-refractivity contribution in [3.8, 4) is 0 Å². The molecule has 0 aromatic carbocycles. The van der Waals surface area contributed by atoms with Crippen LogP contribution >= 0.6 is 0 Å². The van der Waals surface area contributed by atoms with Crippen molar-refractivity contribution >= 4 is 7.98 Å². The molecule has 0 amide bonds. The summed E-state index contributed by atoms with van der Waals surface area (Å²) < 4.78 is 0. The van der Waals surface area contributed by atoms with Crippen molar-refractivity contribution < 1.29 is 0 Å². The number of allylic oxidation sites excluding steroid dienone is 1. The molecule has 0 saturated heterocycles. The van der Waals surface area contributed by atoms with E-state index in [-0.39, 0.29) is 0 Å². The summed E-state index contributed by atoms with van der Waals surface area (Å²) in [5.41, 5.74) is 6.35. The van der Waals surface area contributed by atoms with E-state index in [1.54, 1.807) is 6.20 Å². The van der Waals surface area contributed by atoms with Gasteiger partial charge in [0.2, 0.25) is 7.98 Å². The summed E-state index contributed by atoms with van der Waals surface area (Å²) in [6.45, 7) is 4.18. The third-order valence-electron chi connectivity index (χ3n) is 1.09. The molecular weight excluding hydrogens is 98.9 g/mol. The first-order valence-corrected chi connectivity index (χ1v) is 2.82. The highest BCUT2D eigenvalue weighted by atomic mass is 14.8. The lowest BCUT2D eigenvalue weighted by molar-refractivity contribution is 0.732. The SMILES string of the molecule is BN/C(=C\N)C(C)C. The fourth-order valence-corrected chi connectivity index (χ4v) is 0.564. The molecule has 0 saturated carbocycles. The fourth-order valence-electron chi connectivity index (χ4n) is 0.564. The van der Waals surface area contributed by atoms with Crippen molar-refractivity contribution in [1.29, 1.82) is 0 Å². The zero-order valence-corrected chi connectivity index (χ0v) is 5.73. The second-order valence-electron chi connectivity index (χ2n) is 2.03. The normalized spacial score (nSPS) is 12.1. The van der Waals surface area contributed by atoms with Gasteiger partial charge in [0.05, 0.1) is 0 Å². The molecule has 0 radical (unpaired) electrons. The number of rotatable bonds is 2. The van der Waals surface area contributed by atoms with Crippen molar-refractivity contribution in [2.75, 3.05) is 0 Å². The van der Waals surface area contributed by atoms with Crippen molar-refractivity contribution in [2.45, 2.75) is 13.8 Å². The van der Waals surface area contributed by atoms with Gasteiger partial charge in [-0.05, 0) is 5.92 Å². The van der Waals surface area contributed by atoms with Crippen LogP contribution in [0.4, 0.5) is 0 Å². The van der Waals surface area contributed by atoms with Gasteiger partial charge in [-0.15, -0.1) is 0 Å². The molecule has 0 aromatic heterocycles. The van der Waals surface area contributed by atoms with Gasteiger partial charge in [-0.25, -0.2) is 0 Å². The van der Waals surface area contributed by atoms with E-state index in [2.05, 4.69) is 19.1 Å². The molecule has 0 aromatic rings. The van der Waals surface area contributed by atoms with Gasteiger partial charge in [-0.3, -0.25) is 0 Å². The Morgan fingerprint density at radius 3 is 2.25 bits per heavy atom. The summed E-state index contributed by atoms with van der Waals surface area (Å²) in [6.07, 6.45) is 1.60. The van der Waals surface area contributed by atoms with Crippen molar-refractivity contribution in [1.82, 2.24) is 5.23 Å². The number of nitrogens with one attached hydrogen (secondary N) is 1. The minimum atomic E-state index is 0.505. The summed E-state index contributed by atoms with van der Waals surface area (Å²) in [5, 5.41) is 2.99. The predicted molar refractivity (Wildman–Crippen MR) is 38.8 cm³/mol. The zero-order chi connectivity index (χ0) is 6.57. The van der Waals surface area contributed by atoms with Crippen molar-refractivity contribution in [2.24, 2.45) is 11.7 Å². The van der Waals surface area contributed by atoms with Gasteiger partial charge in [-0.2, -0.15) is 0 Å². The van der Waals surface area contributed by atoms with Gasteiger partial charge in [0, 0.05) is 11.9 Å². The first-order chi connectivity index (χ1) is 3.72. The van der Waals surface area contributed by atoms with Crippen LogP contribution in [0, 0.1) is 5.92 Å². The third kappa shape index (κ3) is 1.91. The lowest BCUT2D eigenvalue weighted by atomic mass is 10.1. The van der Waals surface area contributed by atoms with Gasteiger partial charge in [0.25, 0.3) is 0 Å². The standard InChI is InChI=1S/C5H13BN2/c1-4(2)5(3-7)8-6/h3-4,8H,6-7H2,1-2H3/b5-3-. The smallest absolute Gasteiger partial charge is 0.213 e. The lowest BCUT2D eigenvalue weighted by Crippen LogP contribution is -2.14. The van der Waals surface area contributed by atoms with Gasteiger partial charge in [-0.1, -0.05) is 13.8 Å². The van der Waals surface area contributed by atoms with Crippen molar-refractivity contribution in [3.05, 3.63) is 11.9 Å². The molecule has 0 rings (SSSR count). The third-order valence-corrected chi connectivity index (χ3v) is 1.09. The van der Waals surface area contributed by atoms with Crippen molar-refractivity contribution in [3.63, 3.8) is 0 Å². The van der Waals surface area contributed by atoms with E-state index < -0.39 is 0 Å². The van der Waals surface area contributed by atoms with Crippen LogP contribution in [0.15, 0.2) is 11.9 Å². The molecule has 46 valence electrons. The first-order valence-electron chi connectivity index (χ1n) is 2.82. The van der Waals surface area contributed by atoms with Gasteiger partial charge in [0.15, 0.2) is 0 Å². The van der Waals surface area contributed by atoms with Gasteiger partial charge in [0.1, 0.15) is 0 Å². The fraction of sp³-hybridized carbons (Fsp3) is 0.600. The summed E-state index contributed by atoms with van der Waals surface area (Å²) in [7, 11) is 1.87. The maximum absolute atomic E-state index is 5.26. The van der Waals surface area contributed by atoms with Crippen LogP contribution in [0.3, 0.4) is 0 Å². The highest BCUT2D eigenvalue weighted by Crippen LogP contribution is 2.00.